The van der Waals surface area contributed by atoms with Gasteiger partial charge in [-0.1, -0.05) is 37.1 Å². The third kappa shape index (κ3) is 6.09. The topological polar surface area (TPSA) is 93.9 Å². The predicted molar refractivity (Wildman–Crippen MR) is 140 cm³/mol. The van der Waals surface area contributed by atoms with Gasteiger partial charge in [-0.25, -0.2) is 4.39 Å². The first-order chi connectivity index (χ1) is 17.9. The van der Waals surface area contributed by atoms with Crippen LogP contribution in [0, 0.1) is 5.82 Å². The van der Waals surface area contributed by atoms with Crippen LogP contribution in [-0.2, 0) is 6.54 Å². The number of hydrogen-bond donors (Lipinski definition) is 2. The van der Waals surface area contributed by atoms with E-state index in [4.69, 9.17) is 15.2 Å². The largest absolute Gasteiger partial charge is 0.493 e. The second-order valence-corrected chi connectivity index (χ2v) is 9.14. The number of hydrogen-bond acceptors (Lipinski definition) is 5. The van der Waals surface area contributed by atoms with Gasteiger partial charge in [-0.05, 0) is 60.9 Å². The molecule has 2 amide bonds. The van der Waals surface area contributed by atoms with Crippen LogP contribution in [0.1, 0.15) is 52.0 Å². The third-order valence-corrected chi connectivity index (χ3v) is 6.77. The number of methoxy groups -OCH3 is 2. The molecule has 4 rings (SSSR count). The van der Waals surface area contributed by atoms with E-state index in [0.717, 1.165) is 31.2 Å². The summed E-state index contributed by atoms with van der Waals surface area (Å²) in [6.45, 7) is 0.241. The number of para-hydroxylation sites is 1. The van der Waals surface area contributed by atoms with Gasteiger partial charge in [0, 0.05) is 35.4 Å². The number of amides is 2. The number of halogens is 1. The number of nitrogens with one attached hydrogen (secondary N) is 1. The molecule has 2 unspecified atom stereocenters. The molecular formula is C29H32FN3O4. The van der Waals surface area contributed by atoms with E-state index >= 15 is 0 Å². The van der Waals surface area contributed by atoms with E-state index in [-0.39, 0.29) is 30.1 Å². The zero-order valence-corrected chi connectivity index (χ0v) is 21.1. The maximum atomic E-state index is 13.9. The first-order valence-corrected chi connectivity index (χ1v) is 12.3. The summed E-state index contributed by atoms with van der Waals surface area (Å²) in [5.74, 6) is -0.109. The highest BCUT2D eigenvalue weighted by Crippen LogP contribution is 2.31. The van der Waals surface area contributed by atoms with E-state index in [2.05, 4.69) is 5.32 Å². The summed E-state index contributed by atoms with van der Waals surface area (Å²) in [6, 6.07) is 17.6. The van der Waals surface area contributed by atoms with Gasteiger partial charge >= 0.3 is 0 Å². The Kier molecular flexibility index (Phi) is 8.40. The van der Waals surface area contributed by atoms with Gasteiger partial charge in [0.05, 0.1) is 14.2 Å². The van der Waals surface area contributed by atoms with Gasteiger partial charge in [-0.2, -0.15) is 0 Å². The minimum atomic E-state index is -0.487. The number of ether oxygens (including phenoxy) is 2. The number of nitrogens with zero attached hydrogens (tertiary/aromatic N) is 1. The fraction of sp³-hybridized carbons (Fsp3) is 0.310. The molecule has 0 bridgehead atoms. The molecule has 194 valence electrons. The lowest BCUT2D eigenvalue weighted by Crippen LogP contribution is -2.51. The Labute approximate surface area is 216 Å². The highest BCUT2D eigenvalue weighted by molar-refractivity contribution is 6.04. The Morgan fingerprint density at radius 2 is 1.70 bits per heavy atom. The van der Waals surface area contributed by atoms with Crippen LogP contribution in [0.3, 0.4) is 0 Å². The van der Waals surface area contributed by atoms with Crippen LogP contribution in [0.5, 0.6) is 11.5 Å². The fourth-order valence-corrected chi connectivity index (χ4v) is 4.79. The molecule has 1 saturated carbocycles. The molecule has 0 aliphatic heterocycles. The van der Waals surface area contributed by atoms with Crippen LogP contribution in [0.25, 0.3) is 0 Å². The van der Waals surface area contributed by atoms with Crippen molar-refractivity contribution in [3.63, 3.8) is 0 Å². The Morgan fingerprint density at radius 3 is 2.43 bits per heavy atom. The van der Waals surface area contributed by atoms with Crippen molar-refractivity contribution in [2.24, 2.45) is 5.73 Å². The lowest BCUT2D eigenvalue weighted by molar-refractivity contribution is 0.0584. The second-order valence-electron chi connectivity index (χ2n) is 9.14. The number of benzene rings is 3. The van der Waals surface area contributed by atoms with E-state index < -0.39 is 11.7 Å². The molecule has 0 radical (unpaired) electrons. The average Bonchev–Trinajstić information content (AvgIpc) is 2.92. The molecule has 1 aliphatic carbocycles. The van der Waals surface area contributed by atoms with E-state index in [1.54, 1.807) is 48.4 Å². The zero-order valence-electron chi connectivity index (χ0n) is 21.1. The van der Waals surface area contributed by atoms with Crippen molar-refractivity contribution >= 4 is 17.5 Å². The van der Waals surface area contributed by atoms with Crippen LogP contribution >= 0.6 is 0 Å². The Hall–Kier alpha value is -3.91. The standard InChI is InChI=1S/C29H32FN3O4/c1-36-26-15-14-20(17-27(26)37-2)29(35)33(25-13-6-4-11-23(25)31)18-21-8-3-5-12-24(21)32-28(34)19-9-7-10-22(30)16-19/h3,5,7-10,12,14-17,23,25H,4,6,11,13,18,31H2,1-2H3,(H,32,34). The molecule has 3 N–H and O–H groups in total. The zero-order chi connectivity index (χ0) is 26.4. The van der Waals surface area contributed by atoms with Crippen molar-refractivity contribution in [1.29, 1.82) is 0 Å². The van der Waals surface area contributed by atoms with E-state index in [0.29, 0.717) is 22.7 Å². The van der Waals surface area contributed by atoms with Gasteiger partial charge in [0.1, 0.15) is 5.82 Å². The summed E-state index contributed by atoms with van der Waals surface area (Å²) < 4.78 is 24.4. The number of rotatable bonds is 8. The molecule has 1 aliphatic rings. The van der Waals surface area contributed by atoms with E-state index in [1.807, 2.05) is 12.1 Å². The lowest BCUT2D eigenvalue weighted by Gasteiger charge is -2.39. The Morgan fingerprint density at radius 1 is 0.946 bits per heavy atom. The van der Waals surface area contributed by atoms with Crippen molar-refractivity contribution in [3.8, 4) is 11.5 Å². The molecule has 1 fully saturated rings. The quantitative estimate of drug-likeness (QED) is 0.449. The lowest BCUT2D eigenvalue weighted by atomic mass is 9.89. The van der Waals surface area contributed by atoms with Crippen LogP contribution in [-0.4, -0.2) is 43.0 Å². The molecule has 0 spiro atoms. The van der Waals surface area contributed by atoms with Crippen molar-refractivity contribution in [2.45, 2.75) is 44.3 Å². The molecule has 3 aromatic carbocycles. The van der Waals surface area contributed by atoms with Gasteiger partial charge in [-0.15, -0.1) is 0 Å². The number of nitrogens with two attached hydrogens (primary N) is 1. The number of carbonyl (C=O) groups excluding carboxylic acids is 2. The molecule has 37 heavy (non-hydrogen) atoms. The maximum Gasteiger partial charge on any atom is 0.255 e. The summed E-state index contributed by atoms with van der Waals surface area (Å²) in [5.41, 5.74) is 8.48. The third-order valence-electron chi connectivity index (χ3n) is 6.77. The van der Waals surface area contributed by atoms with Crippen molar-refractivity contribution in [2.75, 3.05) is 19.5 Å². The van der Waals surface area contributed by atoms with Crippen LogP contribution in [0.2, 0.25) is 0 Å². The highest BCUT2D eigenvalue weighted by atomic mass is 19.1. The second kappa shape index (κ2) is 11.9. The van der Waals surface area contributed by atoms with Crippen LogP contribution < -0.4 is 20.5 Å². The number of carbonyl (C=O) groups is 2. The number of anilines is 1. The smallest absolute Gasteiger partial charge is 0.255 e. The predicted octanol–water partition coefficient (Wildman–Crippen LogP) is 5.01. The van der Waals surface area contributed by atoms with Crippen molar-refractivity contribution in [3.05, 3.63) is 89.2 Å². The molecule has 0 saturated heterocycles. The molecular weight excluding hydrogens is 473 g/mol. The molecule has 8 heteroatoms. The maximum absolute atomic E-state index is 13.9. The minimum Gasteiger partial charge on any atom is -0.493 e. The van der Waals surface area contributed by atoms with Gasteiger partial charge in [0.2, 0.25) is 0 Å². The fourth-order valence-electron chi connectivity index (χ4n) is 4.79. The Bertz CT molecular complexity index is 1270. The van der Waals surface area contributed by atoms with E-state index in [9.17, 15) is 14.0 Å². The summed E-state index contributed by atoms with van der Waals surface area (Å²) in [7, 11) is 3.07. The summed E-state index contributed by atoms with van der Waals surface area (Å²) >= 11 is 0. The molecule has 3 aromatic rings. The van der Waals surface area contributed by atoms with Crippen molar-refractivity contribution in [1.82, 2.24) is 4.90 Å². The first-order valence-electron chi connectivity index (χ1n) is 12.3. The molecule has 0 aromatic heterocycles. The van der Waals surface area contributed by atoms with Crippen molar-refractivity contribution < 1.29 is 23.5 Å². The summed E-state index contributed by atoms with van der Waals surface area (Å²) in [6.07, 6.45) is 3.62. The Balaban J connectivity index is 1.66. The average molecular weight is 506 g/mol. The van der Waals surface area contributed by atoms with Gasteiger partial charge < -0.3 is 25.4 Å². The summed E-state index contributed by atoms with van der Waals surface area (Å²) in [5, 5.41) is 2.87. The highest BCUT2D eigenvalue weighted by Gasteiger charge is 2.32. The van der Waals surface area contributed by atoms with Gasteiger partial charge in [0.25, 0.3) is 11.8 Å². The van der Waals surface area contributed by atoms with Crippen LogP contribution in [0.4, 0.5) is 10.1 Å². The molecule has 7 nitrogen and oxygen atoms in total. The normalized spacial score (nSPS) is 17.1. The van der Waals surface area contributed by atoms with Crippen LogP contribution in [0.15, 0.2) is 66.7 Å². The van der Waals surface area contributed by atoms with Gasteiger partial charge in [-0.3, -0.25) is 9.59 Å². The van der Waals surface area contributed by atoms with Gasteiger partial charge in [0.15, 0.2) is 11.5 Å². The molecule has 0 heterocycles. The summed E-state index contributed by atoms with van der Waals surface area (Å²) in [4.78, 5) is 28.5. The first kappa shape index (κ1) is 26.2. The minimum absolute atomic E-state index is 0.160. The monoisotopic (exact) mass is 505 g/mol. The molecule has 2 atom stereocenters. The SMILES string of the molecule is COc1ccc(C(=O)N(Cc2ccccc2NC(=O)c2cccc(F)c2)C2CCCCC2N)cc1OC. The van der Waals surface area contributed by atoms with E-state index in [1.165, 1.54) is 25.3 Å².